The first kappa shape index (κ1) is 17.7. The lowest BCUT2D eigenvalue weighted by molar-refractivity contribution is -0.137. The third kappa shape index (κ3) is 4.66. The van der Waals surface area contributed by atoms with Gasteiger partial charge < -0.3 is 19.9 Å². The standard InChI is InChI=1S/C15H18F3NO4/c16-15(17,18)12-3-1-11(2-4-12)13(21)19-9-14(23-8-6-20)5-7-22-10-14/h1-4,20H,5-10H2,(H,19,21). The van der Waals surface area contributed by atoms with Crippen molar-refractivity contribution >= 4 is 5.91 Å². The van der Waals surface area contributed by atoms with Crippen LogP contribution in [0.1, 0.15) is 22.3 Å². The maximum Gasteiger partial charge on any atom is 0.416 e. The fourth-order valence-electron chi connectivity index (χ4n) is 2.31. The number of hydrogen-bond donors (Lipinski definition) is 2. The Morgan fingerprint density at radius 1 is 1.35 bits per heavy atom. The van der Waals surface area contributed by atoms with Crippen LogP contribution in [-0.2, 0) is 15.7 Å². The number of carbonyl (C=O) groups is 1. The Morgan fingerprint density at radius 2 is 2.04 bits per heavy atom. The van der Waals surface area contributed by atoms with Crippen molar-refractivity contribution in [3.05, 3.63) is 35.4 Å². The van der Waals surface area contributed by atoms with Crippen molar-refractivity contribution in [3.63, 3.8) is 0 Å². The minimum atomic E-state index is -4.43. The molecule has 1 aromatic rings. The molecule has 1 fully saturated rings. The second kappa shape index (κ2) is 7.29. The van der Waals surface area contributed by atoms with Crippen LogP contribution < -0.4 is 5.32 Å². The second-order valence-corrected chi connectivity index (χ2v) is 5.32. The molecule has 2 rings (SSSR count). The number of carbonyl (C=O) groups excluding carboxylic acids is 1. The average molecular weight is 333 g/mol. The first-order valence-corrected chi connectivity index (χ1v) is 7.14. The fourth-order valence-corrected chi connectivity index (χ4v) is 2.31. The van der Waals surface area contributed by atoms with Crippen molar-refractivity contribution in [1.29, 1.82) is 0 Å². The van der Waals surface area contributed by atoms with Gasteiger partial charge in [-0.2, -0.15) is 13.2 Å². The molecule has 128 valence electrons. The predicted molar refractivity (Wildman–Crippen MR) is 75.0 cm³/mol. The van der Waals surface area contributed by atoms with E-state index in [1.165, 1.54) is 0 Å². The minimum absolute atomic E-state index is 0.125. The first-order valence-electron chi connectivity index (χ1n) is 7.14. The molecule has 0 bridgehead atoms. The second-order valence-electron chi connectivity index (χ2n) is 5.32. The Morgan fingerprint density at radius 3 is 2.57 bits per heavy atom. The Balaban J connectivity index is 1.95. The van der Waals surface area contributed by atoms with E-state index < -0.39 is 23.2 Å². The van der Waals surface area contributed by atoms with Crippen LogP contribution in [0.3, 0.4) is 0 Å². The molecule has 5 nitrogen and oxygen atoms in total. The van der Waals surface area contributed by atoms with Gasteiger partial charge in [0.2, 0.25) is 0 Å². The highest BCUT2D eigenvalue weighted by Gasteiger charge is 2.36. The molecule has 1 saturated heterocycles. The van der Waals surface area contributed by atoms with E-state index >= 15 is 0 Å². The molecular formula is C15H18F3NO4. The maximum absolute atomic E-state index is 12.5. The van der Waals surface area contributed by atoms with E-state index in [4.69, 9.17) is 14.6 Å². The van der Waals surface area contributed by atoms with Gasteiger partial charge in [0, 0.05) is 25.1 Å². The van der Waals surface area contributed by atoms with E-state index in [-0.39, 0.29) is 25.3 Å². The molecular weight excluding hydrogens is 315 g/mol. The highest BCUT2D eigenvalue weighted by atomic mass is 19.4. The van der Waals surface area contributed by atoms with Gasteiger partial charge in [0.15, 0.2) is 0 Å². The number of nitrogens with one attached hydrogen (secondary N) is 1. The predicted octanol–water partition coefficient (Wildman–Crippen LogP) is 1.60. The molecule has 1 atom stereocenters. The third-order valence-corrected chi connectivity index (χ3v) is 3.61. The molecule has 0 aromatic heterocycles. The fraction of sp³-hybridized carbons (Fsp3) is 0.533. The summed E-state index contributed by atoms with van der Waals surface area (Å²) in [7, 11) is 0. The molecule has 8 heteroatoms. The molecule has 0 saturated carbocycles. The van der Waals surface area contributed by atoms with Crippen LogP contribution in [-0.4, -0.2) is 49.6 Å². The zero-order valence-electron chi connectivity index (χ0n) is 12.4. The van der Waals surface area contributed by atoms with Crippen LogP contribution >= 0.6 is 0 Å². The van der Waals surface area contributed by atoms with Gasteiger partial charge in [0.1, 0.15) is 5.60 Å². The van der Waals surface area contributed by atoms with E-state index in [2.05, 4.69) is 5.32 Å². The summed E-state index contributed by atoms with van der Waals surface area (Å²) in [5.74, 6) is -0.488. The lowest BCUT2D eigenvalue weighted by Gasteiger charge is -2.27. The van der Waals surface area contributed by atoms with Crippen molar-refractivity contribution in [2.45, 2.75) is 18.2 Å². The van der Waals surface area contributed by atoms with E-state index in [0.717, 1.165) is 24.3 Å². The molecule has 1 aliphatic rings. The molecule has 1 heterocycles. The Labute approximate surface area is 131 Å². The number of halogens is 3. The summed E-state index contributed by atoms with van der Waals surface area (Å²) < 4.78 is 48.3. The van der Waals surface area contributed by atoms with Gasteiger partial charge in [-0.15, -0.1) is 0 Å². The van der Waals surface area contributed by atoms with Crippen LogP contribution in [0.25, 0.3) is 0 Å². The van der Waals surface area contributed by atoms with Gasteiger partial charge in [0.05, 0.1) is 25.4 Å². The number of ether oxygens (including phenoxy) is 2. The van der Waals surface area contributed by atoms with Crippen LogP contribution in [0.5, 0.6) is 0 Å². The normalized spacial score (nSPS) is 21.4. The smallest absolute Gasteiger partial charge is 0.394 e. The van der Waals surface area contributed by atoms with Crippen molar-refractivity contribution in [3.8, 4) is 0 Å². The summed E-state index contributed by atoms with van der Waals surface area (Å²) in [5.41, 5.74) is -1.38. The maximum atomic E-state index is 12.5. The molecule has 0 spiro atoms. The lowest BCUT2D eigenvalue weighted by atomic mass is 10.0. The molecule has 0 aliphatic carbocycles. The summed E-state index contributed by atoms with van der Waals surface area (Å²) in [5, 5.41) is 11.5. The summed E-state index contributed by atoms with van der Waals surface area (Å²) in [4.78, 5) is 12.0. The summed E-state index contributed by atoms with van der Waals surface area (Å²) in [6.45, 7) is 0.919. The van der Waals surface area contributed by atoms with E-state index in [9.17, 15) is 18.0 Å². The van der Waals surface area contributed by atoms with E-state index in [1.807, 2.05) is 0 Å². The number of aliphatic hydroxyl groups is 1. The number of hydrogen-bond acceptors (Lipinski definition) is 4. The van der Waals surface area contributed by atoms with Gasteiger partial charge in [-0.05, 0) is 24.3 Å². The highest BCUT2D eigenvalue weighted by Crippen LogP contribution is 2.29. The Kier molecular flexibility index (Phi) is 5.61. The zero-order valence-corrected chi connectivity index (χ0v) is 12.4. The number of alkyl halides is 3. The van der Waals surface area contributed by atoms with Crippen LogP contribution in [0.4, 0.5) is 13.2 Å². The van der Waals surface area contributed by atoms with Gasteiger partial charge in [0.25, 0.3) is 5.91 Å². The van der Waals surface area contributed by atoms with Gasteiger partial charge >= 0.3 is 6.18 Å². The molecule has 2 N–H and O–H groups in total. The van der Waals surface area contributed by atoms with Crippen molar-refractivity contribution in [2.24, 2.45) is 0 Å². The number of amides is 1. The topological polar surface area (TPSA) is 67.8 Å². The van der Waals surface area contributed by atoms with E-state index in [1.54, 1.807) is 0 Å². The number of rotatable bonds is 6. The van der Waals surface area contributed by atoms with Gasteiger partial charge in [-0.25, -0.2) is 0 Å². The Hall–Kier alpha value is -1.64. The number of aliphatic hydroxyl groups excluding tert-OH is 1. The SMILES string of the molecule is O=C(NCC1(OCCO)CCOC1)c1ccc(C(F)(F)F)cc1. The van der Waals surface area contributed by atoms with Crippen LogP contribution in [0.2, 0.25) is 0 Å². The lowest BCUT2D eigenvalue weighted by Crippen LogP contribution is -2.46. The van der Waals surface area contributed by atoms with Crippen molar-refractivity contribution in [2.75, 3.05) is 33.0 Å². The quantitative estimate of drug-likeness (QED) is 0.830. The summed E-state index contributed by atoms with van der Waals surface area (Å²) in [6, 6.07) is 3.99. The van der Waals surface area contributed by atoms with Crippen molar-refractivity contribution in [1.82, 2.24) is 5.32 Å². The highest BCUT2D eigenvalue weighted by molar-refractivity contribution is 5.94. The van der Waals surface area contributed by atoms with Gasteiger partial charge in [-0.3, -0.25) is 4.79 Å². The monoisotopic (exact) mass is 333 g/mol. The van der Waals surface area contributed by atoms with Crippen molar-refractivity contribution < 1.29 is 32.5 Å². The molecule has 1 aliphatic heterocycles. The number of benzene rings is 1. The molecule has 0 radical (unpaired) electrons. The Bertz CT molecular complexity index is 525. The summed E-state index contributed by atoms with van der Waals surface area (Å²) >= 11 is 0. The van der Waals surface area contributed by atoms with Crippen LogP contribution in [0.15, 0.2) is 24.3 Å². The first-order chi connectivity index (χ1) is 10.9. The van der Waals surface area contributed by atoms with E-state index in [0.29, 0.717) is 19.6 Å². The molecule has 23 heavy (non-hydrogen) atoms. The third-order valence-electron chi connectivity index (χ3n) is 3.61. The molecule has 1 unspecified atom stereocenters. The minimum Gasteiger partial charge on any atom is -0.394 e. The van der Waals surface area contributed by atoms with Gasteiger partial charge in [-0.1, -0.05) is 0 Å². The largest absolute Gasteiger partial charge is 0.416 e. The average Bonchev–Trinajstić information content (AvgIpc) is 2.99. The zero-order chi connectivity index (χ0) is 16.9. The molecule has 1 aromatic carbocycles. The van der Waals surface area contributed by atoms with Crippen LogP contribution in [0, 0.1) is 0 Å². The molecule has 1 amide bonds. The summed E-state index contributed by atoms with van der Waals surface area (Å²) in [6.07, 6.45) is -3.86.